The largest absolute Gasteiger partial charge is 0.310 e. The smallest absolute Gasteiger partial charge is 0.0211 e. The minimum absolute atomic E-state index is 0.599. The van der Waals surface area contributed by atoms with Crippen molar-refractivity contribution in [2.75, 3.05) is 0 Å². The molecule has 0 spiro atoms. The second kappa shape index (κ2) is 3.97. The molecule has 2 unspecified atom stereocenters. The van der Waals surface area contributed by atoms with Crippen LogP contribution in [0.5, 0.6) is 0 Å². The summed E-state index contributed by atoms with van der Waals surface area (Å²) in [5, 5.41) is 3.55. The van der Waals surface area contributed by atoms with E-state index in [1.807, 2.05) is 0 Å². The van der Waals surface area contributed by atoms with Crippen molar-refractivity contribution >= 4 is 0 Å². The van der Waals surface area contributed by atoms with Crippen molar-refractivity contribution in [2.45, 2.75) is 52.1 Å². The van der Waals surface area contributed by atoms with Crippen molar-refractivity contribution in [3.8, 4) is 0 Å². The number of rotatable bonds is 1. The highest BCUT2D eigenvalue weighted by Crippen LogP contribution is 2.29. The Morgan fingerprint density at radius 3 is 2.67 bits per heavy atom. The van der Waals surface area contributed by atoms with Crippen molar-refractivity contribution < 1.29 is 0 Å². The predicted octanol–water partition coefficient (Wildman–Crippen LogP) is 3.41. The number of hydrogen-bond acceptors (Lipinski definition) is 1. The monoisotopic (exact) mass is 203 g/mol. The number of nitrogens with one attached hydrogen (secondary N) is 1. The SMILES string of the molecule is CC(C)c1ccc2c(c1)CNC(C)C2C. The van der Waals surface area contributed by atoms with Crippen LogP contribution >= 0.6 is 0 Å². The van der Waals surface area contributed by atoms with E-state index in [2.05, 4.69) is 51.2 Å². The molecular formula is C14H21N. The highest BCUT2D eigenvalue weighted by molar-refractivity contribution is 5.37. The van der Waals surface area contributed by atoms with E-state index >= 15 is 0 Å². The van der Waals surface area contributed by atoms with Crippen LogP contribution in [0.3, 0.4) is 0 Å². The normalized spacial score (nSPS) is 25.4. The van der Waals surface area contributed by atoms with Crippen LogP contribution in [-0.2, 0) is 6.54 Å². The Morgan fingerprint density at radius 1 is 1.27 bits per heavy atom. The summed E-state index contributed by atoms with van der Waals surface area (Å²) < 4.78 is 0. The maximum absolute atomic E-state index is 3.55. The molecule has 0 saturated carbocycles. The quantitative estimate of drug-likeness (QED) is 0.737. The molecule has 1 aromatic carbocycles. The molecule has 1 heteroatoms. The van der Waals surface area contributed by atoms with Gasteiger partial charge in [0.2, 0.25) is 0 Å². The van der Waals surface area contributed by atoms with Gasteiger partial charge in [0, 0.05) is 12.6 Å². The van der Waals surface area contributed by atoms with Gasteiger partial charge in [-0.15, -0.1) is 0 Å². The summed E-state index contributed by atoms with van der Waals surface area (Å²) in [7, 11) is 0. The molecule has 1 aromatic rings. The predicted molar refractivity (Wildman–Crippen MR) is 65.2 cm³/mol. The van der Waals surface area contributed by atoms with E-state index in [9.17, 15) is 0 Å². The fraction of sp³-hybridized carbons (Fsp3) is 0.571. The van der Waals surface area contributed by atoms with E-state index in [4.69, 9.17) is 0 Å². The van der Waals surface area contributed by atoms with Crippen LogP contribution in [0.1, 0.15) is 56.2 Å². The van der Waals surface area contributed by atoms with Gasteiger partial charge in [0.05, 0.1) is 0 Å². The summed E-state index contributed by atoms with van der Waals surface area (Å²) in [6.45, 7) is 10.1. The minimum atomic E-state index is 0.599. The molecule has 0 radical (unpaired) electrons. The Bertz CT molecular complexity index is 354. The Kier molecular flexibility index (Phi) is 2.83. The number of hydrogen-bond donors (Lipinski definition) is 1. The van der Waals surface area contributed by atoms with Gasteiger partial charge in [0.25, 0.3) is 0 Å². The molecule has 1 N–H and O–H groups in total. The maximum atomic E-state index is 3.55. The van der Waals surface area contributed by atoms with Crippen LogP contribution in [-0.4, -0.2) is 6.04 Å². The molecule has 1 nitrogen and oxygen atoms in total. The second-order valence-electron chi connectivity index (χ2n) is 5.07. The Hall–Kier alpha value is -0.820. The summed E-state index contributed by atoms with van der Waals surface area (Å²) in [5.41, 5.74) is 4.48. The number of benzene rings is 1. The van der Waals surface area contributed by atoms with Crippen LogP contribution in [0, 0.1) is 0 Å². The van der Waals surface area contributed by atoms with Gasteiger partial charge in [0.1, 0.15) is 0 Å². The van der Waals surface area contributed by atoms with E-state index in [0.29, 0.717) is 17.9 Å². The molecule has 1 heterocycles. The lowest BCUT2D eigenvalue weighted by atomic mass is 9.85. The summed E-state index contributed by atoms with van der Waals surface area (Å²) in [4.78, 5) is 0. The van der Waals surface area contributed by atoms with Crippen molar-refractivity contribution in [1.29, 1.82) is 0 Å². The molecule has 0 fully saturated rings. The van der Waals surface area contributed by atoms with Crippen LogP contribution in [0.2, 0.25) is 0 Å². The molecule has 1 aliphatic rings. The van der Waals surface area contributed by atoms with E-state index in [1.165, 1.54) is 16.7 Å². The zero-order valence-corrected chi connectivity index (χ0v) is 10.2. The molecule has 2 rings (SSSR count). The van der Waals surface area contributed by atoms with Crippen LogP contribution < -0.4 is 5.32 Å². The first-order valence-electron chi connectivity index (χ1n) is 5.95. The molecule has 0 aliphatic carbocycles. The zero-order valence-electron chi connectivity index (χ0n) is 10.2. The van der Waals surface area contributed by atoms with E-state index < -0.39 is 0 Å². The van der Waals surface area contributed by atoms with Crippen molar-refractivity contribution in [2.24, 2.45) is 0 Å². The molecule has 0 aromatic heterocycles. The Balaban J connectivity index is 2.38. The van der Waals surface area contributed by atoms with Crippen molar-refractivity contribution in [3.05, 3.63) is 34.9 Å². The highest BCUT2D eigenvalue weighted by atomic mass is 14.9. The van der Waals surface area contributed by atoms with E-state index in [0.717, 1.165) is 6.54 Å². The lowest BCUT2D eigenvalue weighted by molar-refractivity contribution is 0.448. The van der Waals surface area contributed by atoms with Gasteiger partial charge in [-0.3, -0.25) is 0 Å². The number of fused-ring (bicyclic) bond motifs is 1. The fourth-order valence-electron chi connectivity index (χ4n) is 2.30. The molecule has 0 bridgehead atoms. The summed E-state index contributed by atoms with van der Waals surface area (Å²) in [5.74, 6) is 1.26. The lowest BCUT2D eigenvalue weighted by Crippen LogP contribution is -2.35. The van der Waals surface area contributed by atoms with Gasteiger partial charge in [-0.1, -0.05) is 39.0 Å². The summed E-state index contributed by atoms with van der Waals surface area (Å²) in [6.07, 6.45) is 0. The van der Waals surface area contributed by atoms with Crippen molar-refractivity contribution in [3.63, 3.8) is 0 Å². The van der Waals surface area contributed by atoms with Gasteiger partial charge in [0.15, 0.2) is 0 Å². The fourth-order valence-corrected chi connectivity index (χ4v) is 2.30. The minimum Gasteiger partial charge on any atom is -0.310 e. The maximum Gasteiger partial charge on any atom is 0.0211 e. The third kappa shape index (κ3) is 1.93. The summed E-state index contributed by atoms with van der Waals surface area (Å²) >= 11 is 0. The molecule has 0 amide bonds. The highest BCUT2D eigenvalue weighted by Gasteiger charge is 2.22. The first-order valence-corrected chi connectivity index (χ1v) is 5.95. The molecule has 2 atom stereocenters. The average molecular weight is 203 g/mol. The first kappa shape index (κ1) is 10.7. The van der Waals surface area contributed by atoms with Crippen LogP contribution in [0.15, 0.2) is 18.2 Å². The molecule has 0 saturated heterocycles. The molecule has 1 aliphatic heterocycles. The van der Waals surface area contributed by atoms with Gasteiger partial charge in [-0.05, 0) is 35.4 Å². The van der Waals surface area contributed by atoms with Crippen LogP contribution in [0.4, 0.5) is 0 Å². The third-order valence-electron chi connectivity index (χ3n) is 3.69. The van der Waals surface area contributed by atoms with Gasteiger partial charge >= 0.3 is 0 Å². The summed E-state index contributed by atoms with van der Waals surface area (Å²) in [6, 6.07) is 7.59. The molecule has 15 heavy (non-hydrogen) atoms. The molecule has 82 valence electrons. The molecular weight excluding hydrogens is 182 g/mol. The van der Waals surface area contributed by atoms with Crippen LogP contribution in [0.25, 0.3) is 0 Å². The Morgan fingerprint density at radius 2 is 2.00 bits per heavy atom. The first-order chi connectivity index (χ1) is 7.09. The van der Waals surface area contributed by atoms with Crippen molar-refractivity contribution in [1.82, 2.24) is 5.32 Å². The lowest BCUT2D eigenvalue weighted by Gasteiger charge is -2.30. The standard InChI is InChI=1S/C14H21N/c1-9(2)12-5-6-14-10(3)11(4)15-8-13(14)7-12/h5-7,9-11,15H,8H2,1-4H3. The van der Waals surface area contributed by atoms with E-state index in [1.54, 1.807) is 0 Å². The van der Waals surface area contributed by atoms with Gasteiger partial charge in [-0.25, -0.2) is 0 Å². The third-order valence-corrected chi connectivity index (χ3v) is 3.69. The van der Waals surface area contributed by atoms with Gasteiger partial charge < -0.3 is 5.32 Å². The average Bonchev–Trinajstić information content (AvgIpc) is 2.23. The zero-order chi connectivity index (χ0) is 11.0. The Labute approximate surface area is 92.9 Å². The van der Waals surface area contributed by atoms with Gasteiger partial charge in [-0.2, -0.15) is 0 Å². The second-order valence-corrected chi connectivity index (χ2v) is 5.07. The topological polar surface area (TPSA) is 12.0 Å². The van der Waals surface area contributed by atoms with E-state index in [-0.39, 0.29) is 0 Å².